The van der Waals surface area contributed by atoms with Gasteiger partial charge in [0.05, 0.1) is 17.2 Å². The Morgan fingerprint density at radius 1 is 1.19 bits per heavy atom. The number of nitriles is 1. The summed E-state index contributed by atoms with van der Waals surface area (Å²) in [5.74, 6) is 4.20. The highest BCUT2D eigenvalue weighted by molar-refractivity contribution is 5.74. The van der Waals surface area contributed by atoms with Crippen molar-refractivity contribution in [1.82, 2.24) is 0 Å². The lowest BCUT2D eigenvalue weighted by Gasteiger charge is -2.07. The standard InChI is InChI=1S/C11H4F3NO/c12-11(13,14)10-5-8(2-1-3-16)4-9(6-10)7-15/h3-6H. The van der Waals surface area contributed by atoms with E-state index in [2.05, 4.69) is 5.92 Å². The quantitative estimate of drug-likeness (QED) is 0.499. The summed E-state index contributed by atoms with van der Waals surface area (Å²) >= 11 is 0. The molecule has 0 aromatic heterocycles. The zero-order valence-corrected chi connectivity index (χ0v) is 7.80. The first kappa shape index (κ1) is 11.8. The van der Waals surface area contributed by atoms with Crippen LogP contribution in [0.4, 0.5) is 13.2 Å². The Labute approximate surface area is 89.3 Å². The molecule has 1 aromatic rings. The van der Waals surface area contributed by atoms with Crippen molar-refractivity contribution in [1.29, 1.82) is 5.26 Å². The molecule has 1 rings (SSSR count). The van der Waals surface area contributed by atoms with Crippen LogP contribution in [-0.2, 0) is 11.0 Å². The number of carbonyl (C=O) groups is 1. The van der Waals surface area contributed by atoms with Crippen molar-refractivity contribution < 1.29 is 18.0 Å². The van der Waals surface area contributed by atoms with E-state index < -0.39 is 11.7 Å². The second kappa shape index (κ2) is 4.50. The van der Waals surface area contributed by atoms with Crippen molar-refractivity contribution in [2.24, 2.45) is 0 Å². The predicted octanol–water partition coefficient (Wildman–Crippen LogP) is 2.13. The Balaban J connectivity index is 3.33. The number of nitrogens with zero attached hydrogens (tertiary/aromatic N) is 1. The first-order valence-corrected chi connectivity index (χ1v) is 4.05. The molecule has 80 valence electrons. The average molecular weight is 223 g/mol. The summed E-state index contributed by atoms with van der Waals surface area (Å²) in [6, 6.07) is 4.30. The van der Waals surface area contributed by atoms with Crippen LogP contribution in [0.1, 0.15) is 16.7 Å². The van der Waals surface area contributed by atoms with Crippen LogP contribution in [-0.4, -0.2) is 6.29 Å². The second-order valence-electron chi connectivity index (χ2n) is 2.80. The molecule has 1 aromatic carbocycles. The highest BCUT2D eigenvalue weighted by Crippen LogP contribution is 2.30. The molecule has 0 N–H and O–H groups in total. The zero-order chi connectivity index (χ0) is 12.2. The zero-order valence-electron chi connectivity index (χ0n) is 7.80. The van der Waals surface area contributed by atoms with Gasteiger partial charge in [0.2, 0.25) is 0 Å². The highest BCUT2D eigenvalue weighted by Gasteiger charge is 2.31. The van der Waals surface area contributed by atoms with Crippen LogP contribution in [0.5, 0.6) is 0 Å². The van der Waals surface area contributed by atoms with Crippen LogP contribution in [0.3, 0.4) is 0 Å². The maximum atomic E-state index is 12.4. The van der Waals surface area contributed by atoms with Gasteiger partial charge in [-0.3, -0.25) is 4.79 Å². The van der Waals surface area contributed by atoms with Gasteiger partial charge < -0.3 is 0 Å². The van der Waals surface area contributed by atoms with Crippen molar-refractivity contribution in [2.75, 3.05) is 0 Å². The fraction of sp³-hybridized carbons (Fsp3) is 0.0909. The van der Waals surface area contributed by atoms with E-state index in [1.54, 1.807) is 6.07 Å². The molecule has 16 heavy (non-hydrogen) atoms. The van der Waals surface area contributed by atoms with E-state index in [1.165, 1.54) is 6.07 Å². The van der Waals surface area contributed by atoms with E-state index in [9.17, 15) is 18.0 Å². The van der Waals surface area contributed by atoms with Crippen molar-refractivity contribution >= 4 is 6.29 Å². The largest absolute Gasteiger partial charge is 0.416 e. The molecule has 0 aliphatic rings. The van der Waals surface area contributed by atoms with Gasteiger partial charge in [-0.1, -0.05) is 5.92 Å². The Bertz CT molecular complexity index is 515. The summed E-state index contributed by atoms with van der Waals surface area (Å²) in [4.78, 5) is 9.95. The summed E-state index contributed by atoms with van der Waals surface area (Å²) in [6.45, 7) is 0. The summed E-state index contributed by atoms with van der Waals surface area (Å²) in [5.41, 5.74) is -1.12. The molecule has 0 aliphatic carbocycles. The summed E-state index contributed by atoms with van der Waals surface area (Å²) < 4.78 is 37.1. The first-order chi connectivity index (χ1) is 7.47. The molecule has 0 aliphatic heterocycles. The van der Waals surface area contributed by atoms with E-state index in [1.807, 2.05) is 5.92 Å². The van der Waals surface area contributed by atoms with Gasteiger partial charge >= 0.3 is 6.18 Å². The SMILES string of the molecule is N#Cc1cc(C#CC=O)cc(C(F)(F)F)c1. The number of hydrogen-bond acceptors (Lipinski definition) is 2. The smallest absolute Gasteiger partial charge is 0.289 e. The second-order valence-corrected chi connectivity index (χ2v) is 2.80. The molecular weight excluding hydrogens is 219 g/mol. The number of hydrogen-bond donors (Lipinski definition) is 0. The number of carbonyl (C=O) groups excluding carboxylic acids is 1. The third-order valence-electron chi connectivity index (χ3n) is 1.66. The number of alkyl halides is 3. The van der Waals surface area contributed by atoms with Crippen molar-refractivity contribution in [3.63, 3.8) is 0 Å². The van der Waals surface area contributed by atoms with Crippen LogP contribution in [0.15, 0.2) is 18.2 Å². The fourth-order valence-electron chi connectivity index (χ4n) is 1.04. The minimum Gasteiger partial charge on any atom is -0.289 e. The van der Waals surface area contributed by atoms with Crippen LogP contribution in [0.2, 0.25) is 0 Å². The van der Waals surface area contributed by atoms with Gasteiger partial charge in [0.25, 0.3) is 0 Å². The van der Waals surface area contributed by atoms with E-state index in [0.717, 1.165) is 12.1 Å². The third kappa shape index (κ3) is 2.86. The highest BCUT2D eigenvalue weighted by atomic mass is 19.4. The number of benzene rings is 1. The summed E-state index contributed by atoms with van der Waals surface area (Å²) in [6.07, 6.45) is -4.27. The van der Waals surface area contributed by atoms with Crippen LogP contribution in [0.25, 0.3) is 0 Å². The molecule has 0 saturated carbocycles. The van der Waals surface area contributed by atoms with Gasteiger partial charge in [0, 0.05) is 5.56 Å². The van der Waals surface area contributed by atoms with Gasteiger partial charge in [0.15, 0.2) is 6.29 Å². The lowest BCUT2D eigenvalue weighted by atomic mass is 10.1. The lowest BCUT2D eigenvalue weighted by Crippen LogP contribution is -2.05. The Morgan fingerprint density at radius 2 is 1.81 bits per heavy atom. The van der Waals surface area contributed by atoms with E-state index in [-0.39, 0.29) is 17.4 Å². The third-order valence-corrected chi connectivity index (χ3v) is 1.66. The predicted molar refractivity (Wildman–Crippen MR) is 49.1 cm³/mol. The van der Waals surface area contributed by atoms with Gasteiger partial charge in [-0.25, -0.2) is 0 Å². The van der Waals surface area contributed by atoms with Gasteiger partial charge in [-0.2, -0.15) is 18.4 Å². The molecule has 0 spiro atoms. The van der Waals surface area contributed by atoms with E-state index in [4.69, 9.17) is 5.26 Å². The summed E-state index contributed by atoms with van der Waals surface area (Å²) in [5, 5.41) is 8.54. The molecule has 2 nitrogen and oxygen atoms in total. The molecule has 0 bridgehead atoms. The maximum Gasteiger partial charge on any atom is 0.416 e. The van der Waals surface area contributed by atoms with Gasteiger partial charge in [0.1, 0.15) is 0 Å². The Morgan fingerprint density at radius 3 is 2.31 bits per heavy atom. The lowest BCUT2D eigenvalue weighted by molar-refractivity contribution is -0.137. The first-order valence-electron chi connectivity index (χ1n) is 4.05. The number of aldehydes is 1. The minimum absolute atomic E-state index is 0.0153. The van der Waals surface area contributed by atoms with Crippen LogP contribution in [0, 0.1) is 23.2 Å². The van der Waals surface area contributed by atoms with Gasteiger partial charge in [-0.15, -0.1) is 0 Å². The topological polar surface area (TPSA) is 40.9 Å². The molecule has 0 atom stereocenters. The van der Waals surface area contributed by atoms with E-state index >= 15 is 0 Å². The van der Waals surface area contributed by atoms with Crippen molar-refractivity contribution in [3.05, 3.63) is 34.9 Å². The average Bonchev–Trinajstić information content (AvgIpc) is 2.24. The Kier molecular flexibility index (Phi) is 3.32. The van der Waals surface area contributed by atoms with E-state index in [0.29, 0.717) is 0 Å². The van der Waals surface area contributed by atoms with Crippen LogP contribution >= 0.6 is 0 Å². The number of rotatable bonds is 0. The molecule has 0 unspecified atom stereocenters. The monoisotopic (exact) mass is 223 g/mol. The molecule has 0 saturated heterocycles. The molecule has 0 fully saturated rings. The molecular formula is C11H4F3NO. The summed E-state index contributed by atoms with van der Waals surface area (Å²) in [7, 11) is 0. The molecule has 0 amide bonds. The normalized spacial score (nSPS) is 9.88. The van der Waals surface area contributed by atoms with Crippen molar-refractivity contribution in [2.45, 2.75) is 6.18 Å². The fourth-order valence-corrected chi connectivity index (χ4v) is 1.04. The molecule has 5 heteroatoms. The molecule has 0 radical (unpaired) electrons. The maximum absolute atomic E-state index is 12.4. The minimum atomic E-state index is -4.54. The van der Waals surface area contributed by atoms with Crippen LogP contribution < -0.4 is 0 Å². The van der Waals surface area contributed by atoms with Gasteiger partial charge in [-0.05, 0) is 24.1 Å². The molecule has 0 heterocycles. The van der Waals surface area contributed by atoms with Crippen molar-refractivity contribution in [3.8, 4) is 17.9 Å². The Hall–Kier alpha value is -2.27. The number of halogens is 3.